The van der Waals surface area contributed by atoms with Crippen LogP contribution in [0.15, 0.2) is 18.2 Å². The summed E-state index contributed by atoms with van der Waals surface area (Å²) in [6.45, 7) is 3.06. The number of nitrogens with two attached hydrogens (primary N) is 1. The number of hydrogen-bond acceptors (Lipinski definition) is 4. The van der Waals surface area contributed by atoms with Crippen molar-refractivity contribution in [1.82, 2.24) is 4.90 Å². The first-order valence-corrected chi connectivity index (χ1v) is 8.65. The molecule has 1 fully saturated rings. The summed E-state index contributed by atoms with van der Waals surface area (Å²) in [6.07, 6.45) is 5.72. The molecule has 2 aliphatic rings. The summed E-state index contributed by atoms with van der Waals surface area (Å²) in [7, 11) is 1.91. The average Bonchev–Trinajstić information content (AvgIpc) is 3.05. The Bertz CT molecular complexity index is 555. The number of nitrogens with zero attached hydrogens (tertiary/aromatic N) is 2. The second-order valence-corrected chi connectivity index (χ2v) is 6.73. The molecule has 1 aliphatic carbocycles. The Morgan fingerprint density at radius 1 is 1.39 bits per heavy atom. The number of hydrogen-bond donors (Lipinski definition) is 1. The van der Waals surface area contributed by atoms with Gasteiger partial charge in [-0.25, -0.2) is 0 Å². The molecular formula is C18H27N3O2. The van der Waals surface area contributed by atoms with Crippen LogP contribution in [0, 0.1) is 5.92 Å². The van der Waals surface area contributed by atoms with Gasteiger partial charge in [0.25, 0.3) is 0 Å². The molecule has 1 aliphatic heterocycles. The van der Waals surface area contributed by atoms with Crippen LogP contribution in [0.25, 0.3) is 0 Å². The lowest BCUT2D eigenvalue weighted by atomic mass is 10.0. The quantitative estimate of drug-likeness (QED) is 0.848. The van der Waals surface area contributed by atoms with Crippen molar-refractivity contribution in [3.05, 3.63) is 18.2 Å². The average molecular weight is 317 g/mol. The van der Waals surface area contributed by atoms with Crippen molar-refractivity contribution < 1.29 is 9.53 Å². The number of ether oxygens (including phenoxy) is 1. The molecule has 126 valence electrons. The molecule has 0 radical (unpaired) electrons. The molecule has 2 N–H and O–H groups in total. The fourth-order valence-corrected chi connectivity index (χ4v) is 3.53. The summed E-state index contributed by atoms with van der Waals surface area (Å²) < 4.78 is 5.67. The van der Waals surface area contributed by atoms with Crippen LogP contribution in [-0.4, -0.2) is 44.1 Å². The number of fused-ring (bicyclic) bond motifs is 1. The van der Waals surface area contributed by atoms with E-state index >= 15 is 0 Å². The van der Waals surface area contributed by atoms with Crippen molar-refractivity contribution in [3.63, 3.8) is 0 Å². The normalized spacial score (nSPS) is 17.7. The van der Waals surface area contributed by atoms with Crippen LogP contribution in [0.2, 0.25) is 0 Å². The summed E-state index contributed by atoms with van der Waals surface area (Å²) in [5.74, 6) is 1.76. The van der Waals surface area contributed by atoms with Crippen molar-refractivity contribution in [2.75, 3.05) is 43.9 Å². The molecule has 0 atom stereocenters. The second kappa shape index (κ2) is 7.11. The summed E-state index contributed by atoms with van der Waals surface area (Å²) in [5, 5.41) is 0. The lowest BCUT2D eigenvalue weighted by Gasteiger charge is -2.33. The van der Waals surface area contributed by atoms with Gasteiger partial charge in [0.1, 0.15) is 12.4 Å². The molecule has 0 bridgehead atoms. The largest absolute Gasteiger partial charge is 0.490 e. The number of nitrogen functional groups attached to an aromatic ring is 1. The Morgan fingerprint density at radius 2 is 2.17 bits per heavy atom. The van der Waals surface area contributed by atoms with Crippen molar-refractivity contribution in [2.24, 2.45) is 5.92 Å². The summed E-state index contributed by atoms with van der Waals surface area (Å²) in [5.41, 5.74) is 7.67. The minimum atomic E-state index is 0.276. The fourth-order valence-electron chi connectivity index (χ4n) is 3.53. The number of anilines is 2. The summed E-state index contributed by atoms with van der Waals surface area (Å²) >= 11 is 0. The van der Waals surface area contributed by atoms with Gasteiger partial charge in [0.2, 0.25) is 5.91 Å². The molecule has 1 heterocycles. The Kier molecular flexibility index (Phi) is 4.94. The van der Waals surface area contributed by atoms with Crippen LogP contribution in [0.3, 0.4) is 0 Å². The number of benzene rings is 1. The predicted molar refractivity (Wildman–Crippen MR) is 92.8 cm³/mol. The molecule has 1 saturated carbocycles. The highest BCUT2D eigenvalue weighted by atomic mass is 16.5. The highest BCUT2D eigenvalue weighted by molar-refractivity contribution is 5.76. The van der Waals surface area contributed by atoms with Gasteiger partial charge in [-0.1, -0.05) is 12.8 Å². The number of rotatable bonds is 5. The Morgan fingerprint density at radius 3 is 2.96 bits per heavy atom. The topological polar surface area (TPSA) is 58.8 Å². The number of carbonyl (C=O) groups is 1. The molecule has 3 rings (SSSR count). The van der Waals surface area contributed by atoms with E-state index in [4.69, 9.17) is 10.5 Å². The van der Waals surface area contributed by atoms with E-state index in [1.165, 1.54) is 25.7 Å². The first kappa shape index (κ1) is 16.0. The SMILES string of the molecule is CN(CCN1CCOc2ccc(N)cc21)C(=O)CC1CCCC1. The third-order valence-electron chi connectivity index (χ3n) is 5.01. The Balaban J connectivity index is 1.54. The van der Waals surface area contributed by atoms with Crippen LogP contribution >= 0.6 is 0 Å². The Labute approximate surface area is 138 Å². The first-order valence-electron chi connectivity index (χ1n) is 8.65. The maximum atomic E-state index is 12.3. The van der Waals surface area contributed by atoms with Gasteiger partial charge >= 0.3 is 0 Å². The van der Waals surface area contributed by atoms with Crippen LogP contribution in [0.4, 0.5) is 11.4 Å². The van der Waals surface area contributed by atoms with E-state index in [1.807, 2.05) is 30.1 Å². The van der Waals surface area contributed by atoms with Gasteiger partial charge in [-0.15, -0.1) is 0 Å². The van der Waals surface area contributed by atoms with Gasteiger partial charge < -0.3 is 20.3 Å². The van der Waals surface area contributed by atoms with E-state index in [0.29, 0.717) is 18.9 Å². The maximum Gasteiger partial charge on any atom is 0.222 e. The van der Waals surface area contributed by atoms with Crippen LogP contribution in [0.5, 0.6) is 5.75 Å². The van der Waals surface area contributed by atoms with Crippen molar-refractivity contribution in [1.29, 1.82) is 0 Å². The molecule has 1 amide bonds. The first-order chi connectivity index (χ1) is 11.1. The molecule has 5 heteroatoms. The number of carbonyl (C=O) groups excluding carboxylic acids is 1. The minimum Gasteiger partial charge on any atom is -0.490 e. The third-order valence-corrected chi connectivity index (χ3v) is 5.01. The van der Waals surface area contributed by atoms with E-state index in [1.54, 1.807) is 0 Å². The van der Waals surface area contributed by atoms with Crippen molar-refractivity contribution in [2.45, 2.75) is 32.1 Å². The number of likely N-dealkylation sites (N-methyl/N-ethyl adjacent to an activating group) is 1. The van der Waals surface area contributed by atoms with Gasteiger partial charge in [0, 0.05) is 32.2 Å². The fraction of sp³-hybridized carbons (Fsp3) is 0.611. The molecule has 5 nitrogen and oxygen atoms in total. The van der Waals surface area contributed by atoms with Crippen LogP contribution < -0.4 is 15.4 Å². The monoisotopic (exact) mass is 317 g/mol. The van der Waals surface area contributed by atoms with Gasteiger partial charge in [-0.2, -0.15) is 0 Å². The van der Waals surface area contributed by atoms with Gasteiger partial charge in [-0.05, 0) is 37.0 Å². The predicted octanol–water partition coefficient (Wildman–Crippen LogP) is 2.51. The second-order valence-electron chi connectivity index (χ2n) is 6.73. The highest BCUT2D eigenvalue weighted by Gasteiger charge is 2.22. The Hall–Kier alpha value is -1.91. The van der Waals surface area contributed by atoms with E-state index in [2.05, 4.69) is 4.90 Å². The lowest BCUT2D eigenvalue weighted by Crippen LogP contribution is -2.40. The molecule has 23 heavy (non-hydrogen) atoms. The van der Waals surface area contributed by atoms with Gasteiger partial charge in [0.05, 0.1) is 12.2 Å². The zero-order valence-corrected chi connectivity index (χ0v) is 14.0. The molecule has 0 unspecified atom stereocenters. The standard InChI is InChI=1S/C18H27N3O2/c1-20(18(22)12-14-4-2-3-5-14)8-9-21-10-11-23-17-7-6-15(19)13-16(17)21/h6-7,13-14H,2-5,8-12,19H2,1H3. The lowest BCUT2D eigenvalue weighted by molar-refractivity contribution is -0.130. The van der Waals surface area contributed by atoms with Crippen LogP contribution in [0.1, 0.15) is 32.1 Å². The third kappa shape index (κ3) is 3.89. The van der Waals surface area contributed by atoms with E-state index < -0.39 is 0 Å². The zero-order valence-electron chi connectivity index (χ0n) is 14.0. The highest BCUT2D eigenvalue weighted by Crippen LogP contribution is 2.33. The van der Waals surface area contributed by atoms with E-state index in [9.17, 15) is 4.79 Å². The van der Waals surface area contributed by atoms with Crippen molar-refractivity contribution >= 4 is 17.3 Å². The minimum absolute atomic E-state index is 0.276. The zero-order chi connectivity index (χ0) is 16.2. The van der Waals surface area contributed by atoms with Gasteiger partial charge in [-0.3, -0.25) is 4.79 Å². The summed E-state index contributed by atoms with van der Waals surface area (Å²) in [6, 6.07) is 5.74. The van der Waals surface area contributed by atoms with Crippen LogP contribution in [-0.2, 0) is 4.79 Å². The van der Waals surface area contributed by atoms with Gasteiger partial charge in [0.15, 0.2) is 0 Å². The van der Waals surface area contributed by atoms with Crippen molar-refractivity contribution in [3.8, 4) is 5.75 Å². The maximum absolute atomic E-state index is 12.3. The van der Waals surface area contributed by atoms with E-state index in [-0.39, 0.29) is 5.91 Å². The molecule has 1 aromatic rings. The molecule has 0 aromatic heterocycles. The smallest absolute Gasteiger partial charge is 0.222 e. The summed E-state index contributed by atoms with van der Waals surface area (Å²) in [4.78, 5) is 16.5. The molecular weight excluding hydrogens is 290 g/mol. The molecule has 0 saturated heterocycles. The molecule has 0 spiro atoms. The van der Waals surface area contributed by atoms with E-state index in [0.717, 1.165) is 36.8 Å². The molecule has 1 aromatic carbocycles. The number of amides is 1.